The van der Waals surface area contributed by atoms with Crippen LogP contribution < -0.4 is 4.74 Å². The molecule has 1 atom stereocenters. The van der Waals surface area contributed by atoms with Crippen molar-refractivity contribution < 1.29 is 14.6 Å². The maximum absolute atomic E-state index is 10.7. The molecule has 0 spiro atoms. The SMILES string of the molecule is CCC(C)Oc1ncc(C(=O)O)c(C)n1. The number of carboxylic acid groups (broad SMARTS) is 1. The van der Waals surface area contributed by atoms with Crippen LogP contribution in [-0.4, -0.2) is 27.1 Å². The predicted molar refractivity (Wildman–Crippen MR) is 54.1 cm³/mol. The smallest absolute Gasteiger partial charge is 0.339 e. The lowest BCUT2D eigenvalue weighted by molar-refractivity contribution is 0.0694. The first-order chi connectivity index (χ1) is 7.04. The minimum Gasteiger partial charge on any atom is -0.478 e. The number of ether oxygens (including phenoxy) is 1. The Bertz CT molecular complexity index is 366. The zero-order valence-corrected chi connectivity index (χ0v) is 9.02. The van der Waals surface area contributed by atoms with E-state index in [0.717, 1.165) is 6.42 Å². The first-order valence-electron chi connectivity index (χ1n) is 4.78. The molecule has 0 aromatic carbocycles. The molecule has 1 aromatic heterocycles. The number of carbonyl (C=O) groups is 1. The van der Waals surface area contributed by atoms with Crippen LogP contribution in [0.25, 0.3) is 0 Å². The molecule has 0 amide bonds. The van der Waals surface area contributed by atoms with Gasteiger partial charge < -0.3 is 9.84 Å². The Morgan fingerprint density at radius 3 is 2.80 bits per heavy atom. The average molecular weight is 210 g/mol. The Labute approximate surface area is 88.1 Å². The third kappa shape index (κ3) is 2.90. The number of nitrogens with zero attached hydrogens (tertiary/aromatic N) is 2. The maximum Gasteiger partial charge on any atom is 0.339 e. The van der Waals surface area contributed by atoms with Crippen molar-refractivity contribution in [2.24, 2.45) is 0 Å². The monoisotopic (exact) mass is 210 g/mol. The zero-order chi connectivity index (χ0) is 11.4. The van der Waals surface area contributed by atoms with Gasteiger partial charge in [-0.1, -0.05) is 6.92 Å². The van der Waals surface area contributed by atoms with Crippen molar-refractivity contribution in [2.75, 3.05) is 0 Å². The molecule has 0 radical (unpaired) electrons. The summed E-state index contributed by atoms with van der Waals surface area (Å²) in [6.45, 7) is 5.52. The highest BCUT2D eigenvalue weighted by molar-refractivity contribution is 5.88. The summed E-state index contributed by atoms with van der Waals surface area (Å²) in [6.07, 6.45) is 2.14. The van der Waals surface area contributed by atoms with Gasteiger partial charge in [0.2, 0.25) is 0 Å². The highest BCUT2D eigenvalue weighted by Gasteiger charge is 2.11. The van der Waals surface area contributed by atoms with E-state index >= 15 is 0 Å². The van der Waals surface area contributed by atoms with E-state index in [1.807, 2.05) is 13.8 Å². The number of hydrogen-bond donors (Lipinski definition) is 1. The molecule has 0 fully saturated rings. The fraction of sp³-hybridized carbons (Fsp3) is 0.500. The van der Waals surface area contributed by atoms with Crippen molar-refractivity contribution in [2.45, 2.75) is 33.3 Å². The Balaban J connectivity index is 2.87. The van der Waals surface area contributed by atoms with Gasteiger partial charge in [0.1, 0.15) is 0 Å². The normalized spacial score (nSPS) is 12.2. The fourth-order valence-electron chi connectivity index (χ4n) is 0.976. The molecule has 15 heavy (non-hydrogen) atoms. The zero-order valence-electron chi connectivity index (χ0n) is 9.02. The molecule has 1 unspecified atom stereocenters. The van der Waals surface area contributed by atoms with Gasteiger partial charge in [-0.15, -0.1) is 0 Å². The fourth-order valence-corrected chi connectivity index (χ4v) is 0.976. The lowest BCUT2D eigenvalue weighted by atomic mass is 10.2. The third-order valence-electron chi connectivity index (χ3n) is 2.07. The van der Waals surface area contributed by atoms with Crippen molar-refractivity contribution in [3.8, 4) is 6.01 Å². The lowest BCUT2D eigenvalue weighted by Gasteiger charge is -2.10. The second-order valence-corrected chi connectivity index (χ2v) is 3.29. The van der Waals surface area contributed by atoms with Crippen LogP contribution in [0.1, 0.15) is 36.3 Å². The van der Waals surface area contributed by atoms with E-state index in [-0.39, 0.29) is 17.7 Å². The summed E-state index contributed by atoms with van der Waals surface area (Å²) in [5, 5.41) is 8.76. The highest BCUT2D eigenvalue weighted by atomic mass is 16.5. The summed E-state index contributed by atoms with van der Waals surface area (Å²) in [5.41, 5.74) is 0.516. The number of aromatic carboxylic acids is 1. The molecule has 1 heterocycles. The van der Waals surface area contributed by atoms with Crippen molar-refractivity contribution in [3.63, 3.8) is 0 Å². The van der Waals surface area contributed by atoms with E-state index in [2.05, 4.69) is 9.97 Å². The van der Waals surface area contributed by atoms with Crippen LogP contribution in [-0.2, 0) is 0 Å². The molecular weight excluding hydrogens is 196 g/mol. The van der Waals surface area contributed by atoms with Gasteiger partial charge >= 0.3 is 12.0 Å². The molecule has 0 aliphatic carbocycles. The van der Waals surface area contributed by atoms with Crippen LogP contribution in [0.3, 0.4) is 0 Å². The van der Waals surface area contributed by atoms with Crippen LogP contribution in [0.15, 0.2) is 6.20 Å². The second-order valence-electron chi connectivity index (χ2n) is 3.29. The summed E-state index contributed by atoms with van der Waals surface area (Å²) in [5.74, 6) is -1.03. The summed E-state index contributed by atoms with van der Waals surface area (Å²) in [7, 11) is 0. The molecule has 1 aromatic rings. The molecule has 0 aliphatic rings. The first kappa shape index (κ1) is 11.4. The molecule has 0 aliphatic heterocycles. The number of carboxylic acids is 1. The van der Waals surface area contributed by atoms with Crippen LogP contribution >= 0.6 is 0 Å². The third-order valence-corrected chi connectivity index (χ3v) is 2.07. The Morgan fingerprint density at radius 2 is 2.33 bits per heavy atom. The Hall–Kier alpha value is -1.65. The van der Waals surface area contributed by atoms with Gasteiger partial charge in [0.05, 0.1) is 17.4 Å². The van der Waals surface area contributed by atoms with Gasteiger partial charge in [0.15, 0.2) is 0 Å². The van der Waals surface area contributed by atoms with Gasteiger partial charge in [-0.3, -0.25) is 0 Å². The Morgan fingerprint density at radius 1 is 1.67 bits per heavy atom. The molecule has 0 bridgehead atoms. The van der Waals surface area contributed by atoms with Crippen LogP contribution in [0, 0.1) is 6.92 Å². The lowest BCUT2D eigenvalue weighted by Crippen LogP contribution is -2.13. The van der Waals surface area contributed by atoms with Crippen molar-refractivity contribution in [1.82, 2.24) is 9.97 Å². The van der Waals surface area contributed by atoms with E-state index in [1.54, 1.807) is 6.92 Å². The van der Waals surface area contributed by atoms with E-state index in [0.29, 0.717) is 5.69 Å². The summed E-state index contributed by atoms with van der Waals surface area (Å²) in [4.78, 5) is 18.5. The summed E-state index contributed by atoms with van der Waals surface area (Å²) >= 11 is 0. The first-order valence-corrected chi connectivity index (χ1v) is 4.78. The van der Waals surface area contributed by atoms with Crippen molar-refractivity contribution >= 4 is 5.97 Å². The molecule has 0 saturated heterocycles. The molecule has 1 N–H and O–H groups in total. The second kappa shape index (κ2) is 4.72. The standard InChI is InChI=1S/C10H14N2O3/c1-4-6(2)15-10-11-5-8(9(13)14)7(3)12-10/h5-6H,4H2,1-3H3,(H,13,14). The topological polar surface area (TPSA) is 72.3 Å². The van der Waals surface area contributed by atoms with Gasteiger partial charge in [-0.25, -0.2) is 9.78 Å². The predicted octanol–water partition coefficient (Wildman–Crippen LogP) is 1.66. The number of hydrogen-bond acceptors (Lipinski definition) is 4. The van der Waals surface area contributed by atoms with E-state index < -0.39 is 5.97 Å². The van der Waals surface area contributed by atoms with Crippen LogP contribution in [0.4, 0.5) is 0 Å². The highest BCUT2D eigenvalue weighted by Crippen LogP contribution is 2.10. The van der Waals surface area contributed by atoms with Gasteiger partial charge in [0, 0.05) is 6.20 Å². The quantitative estimate of drug-likeness (QED) is 0.818. The molecular formula is C10H14N2O3. The summed E-state index contributed by atoms with van der Waals surface area (Å²) < 4.78 is 5.36. The van der Waals surface area contributed by atoms with E-state index in [4.69, 9.17) is 9.84 Å². The number of aromatic nitrogens is 2. The van der Waals surface area contributed by atoms with Crippen molar-refractivity contribution in [3.05, 3.63) is 17.5 Å². The minimum absolute atomic E-state index is 0.0279. The molecule has 5 nitrogen and oxygen atoms in total. The number of rotatable bonds is 4. The van der Waals surface area contributed by atoms with E-state index in [9.17, 15) is 4.79 Å². The van der Waals surface area contributed by atoms with Gasteiger partial charge in [0.25, 0.3) is 0 Å². The van der Waals surface area contributed by atoms with Gasteiger partial charge in [-0.2, -0.15) is 4.98 Å². The number of aryl methyl sites for hydroxylation is 1. The molecule has 1 rings (SSSR count). The largest absolute Gasteiger partial charge is 0.478 e. The van der Waals surface area contributed by atoms with Gasteiger partial charge in [-0.05, 0) is 20.3 Å². The maximum atomic E-state index is 10.7. The van der Waals surface area contributed by atoms with E-state index in [1.165, 1.54) is 6.20 Å². The minimum atomic E-state index is -1.03. The summed E-state index contributed by atoms with van der Waals surface area (Å²) in [6, 6.07) is 0.229. The van der Waals surface area contributed by atoms with Crippen LogP contribution in [0.2, 0.25) is 0 Å². The molecule has 5 heteroatoms. The van der Waals surface area contributed by atoms with Crippen molar-refractivity contribution in [1.29, 1.82) is 0 Å². The molecule has 82 valence electrons. The van der Waals surface area contributed by atoms with Crippen LogP contribution in [0.5, 0.6) is 6.01 Å². The average Bonchev–Trinajstić information content (AvgIpc) is 2.17. The molecule has 0 saturated carbocycles. The Kier molecular flexibility index (Phi) is 3.60.